The van der Waals surface area contributed by atoms with E-state index in [1.807, 2.05) is 43.3 Å². The van der Waals surface area contributed by atoms with Crippen molar-refractivity contribution >= 4 is 0 Å². The van der Waals surface area contributed by atoms with Gasteiger partial charge in [-0.1, -0.05) is 42.5 Å². The number of phenolic OH excluding ortho intramolecular Hbond substituents is 1. The predicted molar refractivity (Wildman–Crippen MR) is 83.2 cm³/mol. The van der Waals surface area contributed by atoms with Gasteiger partial charge < -0.3 is 10.2 Å². The number of hydrogen-bond acceptors (Lipinski definition) is 3. The average Bonchev–Trinajstić information content (AvgIpc) is 2.92. The van der Waals surface area contributed by atoms with Crippen LogP contribution in [0, 0.1) is 0 Å². The third-order valence-electron chi connectivity index (χ3n) is 4.47. The van der Waals surface area contributed by atoms with E-state index in [0.717, 1.165) is 29.5 Å². The minimum atomic E-state index is -0.487. The predicted octanol–water partition coefficient (Wildman–Crippen LogP) is 2.88. The van der Waals surface area contributed by atoms with Crippen LogP contribution in [0.5, 0.6) is 5.75 Å². The van der Waals surface area contributed by atoms with Crippen molar-refractivity contribution < 1.29 is 10.2 Å². The monoisotopic (exact) mass is 283 g/mol. The zero-order valence-corrected chi connectivity index (χ0v) is 12.2. The second kappa shape index (κ2) is 5.51. The van der Waals surface area contributed by atoms with E-state index < -0.39 is 5.54 Å². The highest BCUT2D eigenvalue weighted by Crippen LogP contribution is 2.38. The van der Waals surface area contributed by atoms with Crippen molar-refractivity contribution in [3.8, 4) is 5.75 Å². The lowest BCUT2D eigenvalue weighted by atomic mass is 9.91. The third kappa shape index (κ3) is 2.55. The molecular weight excluding hydrogens is 262 g/mol. The summed E-state index contributed by atoms with van der Waals surface area (Å²) in [4.78, 5) is 0. The molecule has 110 valence electrons. The maximum Gasteiger partial charge on any atom is 0.119 e. The number of aliphatic hydroxyl groups excluding tert-OH is 1. The largest absolute Gasteiger partial charge is 0.508 e. The summed E-state index contributed by atoms with van der Waals surface area (Å²) < 4.78 is 0. The molecule has 21 heavy (non-hydrogen) atoms. The van der Waals surface area contributed by atoms with Crippen molar-refractivity contribution in [3.63, 3.8) is 0 Å². The Morgan fingerprint density at radius 1 is 1.14 bits per heavy atom. The third-order valence-corrected chi connectivity index (χ3v) is 4.47. The lowest BCUT2D eigenvalue weighted by Gasteiger charge is -2.33. The molecule has 3 nitrogen and oxygen atoms in total. The molecule has 0 radical (unpaired) electrons. The van der Waals surface area contributed by atoms with E-state index in [0.29, 0.717) is 5.75 Å². The Morgan fingerprint density at radius 3 is 2.62 bits per heavy atom. The van der Waals surface area contributed by atoms with Crippen molar-refractivity contribution in [2.75, 3.05) is 6.61 Å². The molecule has 2 atom stereocenters. The number of hydrogen-bond donors (Lipinski definition) is 3. The van der Waals surface area contributed by atoms with Crippen molar-refractivity contribution in [1.82, 2.24) is 5.32 Å². The molecule has 3 heteroatoms. The fraction of sp³-hybridized carbons (Fsp3) is 0.333. The summed E-state index contributed by atoms with van der Waals surface area (Å²) in [5, 5.41) is 23.4. The normalized spacial score (nSPS) is 20.0. The fourth-order valence-electron chi connectivity index (χ4n) is 3.20. The highest BCUT2D eigenvalue weighted by atomic mass is 16.3. The molecule has 0 fully saturated rings. The van der Waals surface area contributed by atoms with E-state index in [1.54, 1.807) is 6.07 Å². The van der Waals surface area contributed by atoms with Gasteiger partial charge in [-0.25, -0.2) is 0 Å². The highest BCUT2D eigenvalue weighted by molar-refractivity contribution is 5.44. The lowest BCUT2D eigenvalue weighted by Crippen LogP contribution is -2.44. The average molecular weight is 283 g/mol. The smallest absolute Gasteiger partial charge is 0.119 e. The minimum absolute atomic E-state index is 0.0294. The van der Waals surface area contributed by atoms with Crippen molar-refractivity contribution in [3.05, 3.63) is 65.2 Å². The van der Waals surface area contributed by atoms with E-state index >= 15 is 0 Å². The minimum Gasteiger partial charge on any atom is -0.508 e. The molecule has 2 aromatic carbocycles. The summed E-state index contributed by atoms with van der Waals surface area (Å²) in [7, 11) is 0. The zero-order chi connectivity index (χ0) is 14.9. The van der Waals surface area contributed by atoms with Gasteiger partial charge in [-0.3, -0.25) is 5.32 Å². The van der Waals surface area contributed by atoms with E-state index in [4.69, 9.17) is 0 Å². The van der Waals surface area contributed by atoms with E-state index in [2.05, 4.69) is 11.4 Å². The summed E-state index contributed by atoms with van der Waals surface area (Å²) in [6, 6.07) is 15.8. The van der Waals surface area contributed by atoms with Gasteiger partial charge >= 0.3 is 0 Å². The zero-order valence-electron chi connectivity index (χ0n) is 12.2. The number of benzene rings is 2. The topological polar surface area (TPSA) is 52.5 Å². The molecule has 0 spiro atoms. The van der Waals surface area contributed by atoms with Crippen LogP contribution in [0.1, 0.15) is 36.1 Å². The molecule has 0 aliphatic heterocycles. The fourth-order valence-corrected chi connectivity index (χ4v) is 3.20. The Balaban J connectivity index is 1.89. The number of fused-ring (bicyclic) bond motifs is 1. The molecule has 0 saturated carbocycles. The second-order valence-corrected chi connectivity index (χ2v) is 5.94. The number of aromatic hydroxyl groups is 1. The van der Waals surface area contributed by atoms with E-state index in [9.17, 15) is 10.2 Å². The lowest BCUT2D eigenvalue weighted by molar-refractivity contribution is 0.161. The molecular formula is C18H21NO2. The molecule has 0 amide bonds. The van der Waals surface area contributed by atoms with Crippen LogP contribution < -0.4 is 5.32 Å². The van der Waals surface area contributed by atoms with Gasteiger partial charge in [-0.05, 0) is 42.5 Å². The molecule has 3 rings (SSSR count). The van der Waals surface area contributed by atoms with Crippen LogP contribution in [0.4, 0.5) is 0 Å². The maximum absolute atomic E-state index is 9.94. The van der Waals surface area contributed by atoms with Crippen LogP contribution in [0.25, 0.3) is 0 Å². The maximum atomic E-state index is 9.94. The Kier molecular flexibility index (Phi) is 3.70. The summed E-state index contributed by atoms with van der Waals surface area (Å²) in [6.07, 6.45) is 1.81. The van der Waals surface area contributed by atoms with Gasteiger partial charge in [-0.2, -0.15) is 0 Å². The number of aliphatic hydroxyl groups is 1. The summed E-state index contributed by atoms with van der Waals surface area (Å²) in [6.45, 7) is 2.05. The van der Waals surface area contributed by atoms with Gasteiger partial charge in [-0.15, -0.1) is 0 Å². The van der Waals surface area contributed by atoms with Crippen LogP contribution in [0.2, 0.25) is 0 Å². The molecule has 1 aliphatic carbocycles. The van der Waals surface area contributed by atoms with Crippen molar-refractivity contribution in [2.45, 2.75) is 31.3 Å². The number of nitrogens with one attached hydrogen (secondary N) is 1. The van der Waals surface area contributed by atoms with Crippen molar-refractivity contribution in [2.24, 2.45) is 0 Å². The van der Waals surface area contributed by atoms with Gasteiger partial charge in [0.1, 0.15) is 5.75 Å². The van der Waals surface area contributed by atoms with Gasteiger partial charge in [0.2, 0.25) is 0 Å². The van der Waals surface area contributed by atoms with Crippen LogP contribution >= 0.6 is 0 Å². The standard InChI is InChI=1S/C18H21NO2/c1-18(12-20,13-6-3-2-4-7-13)19-16-11-10-15-14(16)8-5-9-17(15)21/h2-9,16,19-21H,10-12H2,1H3. The SMILES string of the molecule is CC(CO)(NC1CCc2c(O)cccc21)c1ccccc1. The Hall–Kier alpha value is -1.84. The van der Waals surface area contributed by atoms with Crippen LogP contribution in [0.3, 0.4) is 0 Å². The first-order chi connectivity index (χ1) is 10.1. The molecule has 2 aromatic rings. The number of phenols is 1. The van der Waals surface area contributed by atoms with E-state index in [-0.39, 0.29) is 12.6 Å². The molecule has 2 unspecified atom stereocenters. The van der Waals surface area contributed by atoms with Crippen molar-refractivity contribution in [1.29, 1.82) is 0 Å². The Morgan fingerprint density at radius 2 is 1.90 bits per heavy atom. The first-order valence-corrected chi connectivity index (χ1v) is 7.39. The summed E-state index contributed by atoms with van der Waals surface area (Å²) in [5.41, 5.74) is 2.76. The van der Waals surface area contributed by atoms with Gasteiger partial charge in [0.15, 0.2) is 0 Å². The summed E-state index contributed by atoms with van der Waals surface area (Å²) in [5.74, 6) is 0.377. The molecule has 0 aromatic heterocycles. The summed E-state index contributed by atoms with van der Waals surface area (Å²) >= 11 is 0. The first-order valence-electron chi connectivity index (χ1n) is 7.39. The first kappa shape index (κ1) is 14.1. The molecule has 0 saturated heterocycles. The molecule has 3 N–H and O–H groups in total. The Labute approximate surface area is 125 Å². The van der Waals surface area contributed by atoms with Gasteiger partial charge in [0.25, 0.3) is 0 Å². The second-order valence-electron chi connectivity index (χ2n) is 5.94. The van der Waals surface area contributed by atoms with Gasteiger partial charge in [0, 0.05) is 6.04 Å². The quantitative estimate of drug-likeness (QED) is 0.808. The van der Waals surface area contributed by atoms with Crippen LogP contribution in [0.15, 0.2) is 48.5 Å². The van der Waals surface area contributed by atoms with Gasteiger partial charge in [0.05, 0.1) is 12.1 Å². The Bertz CT molecular complexity index is 626. The van der Waals surface area contributed by atoms with E-state index in [1.165, 1.54) is 0 Å². The number of rotatable bonds is 4. The molecule has 0 bridgehead atoms. The van der Waals surface area contributed by atoms with Crippen LogP contribution in [-0.4, -0.2) is 16.8 Å². The molecule has 1 aliphatic rings. The van der Waals surface area contributed by atoms with Crippen LogP contribution in [-0.2, 0) is 12.0 Å². The highest BCUT2D eigenvalue weighted by Gasteiger charge is 2.33. The molecule has 0 heterocycles.